The first-order valence-electron chi connectivity index (χ1n) is 6.97. The average molecular weight is 325 g/mol. The van der Waals surface area contributed by atoms with Crippen LogP contribution >= 0.6 is 0 Å². The summed E-state index contributed by atoms with van der Waals surface area (Å²) in [5.74, 6) is 0.177. The lowest BCUT2D eigenvalue weighted by Crippen LogP contribution is -2.13. The monoisotopic (exact) mass is 325 g/mol. The molecule has 3 aromatic rings. The van der Waals surface area contributed by atoms with E-state index in [2.05, 4.69) is 0 Å². The van der Waals surface area contributed by atoms with Gasteiger partial charge in [-0.25, -0.2) is 13.6 Å². The molecule has 0 atom stereocenters. The van der Waals surface area contributed by atoms with Crippen molar-refractivity contribution < 1.29 is 13.5 Å². The summed E-state index contributed by atoms with van der Waals surface area (Å²) in [6.07, 6.45) is 0. The van der Waals surface area contributed by atoms with E-state index in [0.29, 0.717) is 5.56 Å². The van der Waals surface area contributed by atoms with Gasteiger partial charge in [0.25, 0.3) is 0 Å². The molecular weight excluding hydrogens is 310 g/mol. The van der Waals surface area contributed by atoms with Crippen LogP contribution in [-0.2, 0) is 10.0 Å². The number of rotatable bonds is 3. The first-order chi connectivity index (χ1) is 11.0. The van der Waals surface area contributed by atoms with E-state index in [1.165, 1.54) is 6.07 Å². The summed E-state index contributed by atoms with van der Waals surface area (Å²) in [5.41, 5.74) is 3.06. The molecule has 0 heterocycles. The number of benzene rings is 3. The third kappa shape index (κ3) is 3.11. The fraction of sp³-hybridized carbons (Fsp3) is 0. The van der Waals surface area contributed by atoms with Crippen LogP contribution in [0.3, 0.4) is 0 Å². The zero-order valence-electron chi connectivity index (χ0n) is 12.2. The van der Waals surface area contributed by atoms with E-state index >= 15 is 0 Å². The minimum Gasteiger partial charge on any atom is -0.508 e. The molecule has 23 heavy (non-hydrogen) atoms. The van der Waals surface area contributed by atoms with Gasteiger partial charge in [0.2, 0.25) is 10.0 Å². The van der Waals surface area contributed by atoms with Crippen LogP contribution in [0.1, 0.15) is 0 Å². The molecule has 3 rings (SSSR count). The molecule has 0 amide bonds. The van der Waals surface area contributed by atoms with E-state index in [9.17, 15) is 13.5 Å². The standard InChI is InChI=1S/C18H15NO3S/c19-23(21,22)18-8-4-3-7-17(18)16-6-2-1-5-15(16)13-9-11-14(20)12-10-13/h1-12,20H,(H2,19,21,22). The number of primary sulfonamides is 1. The molecule has 0 aliphatic carbocycles. The Morgan fingerprint density at radius 3 is 1.83 bits per heavy atom. The predicted molar refractivity (Wildman–Crippen MR) is 90.4 cm³/mol. The maximum Gasteiger partial charge on any atom is 0.238 e. The van der Waals surface area contributed by atoms with Gasteiger partial charge in [-0.05, 0) is 34.9 Å². The Labute approximate surface area is 134 Å². The maximum atomic E-state index is 11.9. The SMILES string of the molecule is NS(=O)(=O)c1ccccc1-c1ccccc1-c1ccc(O)cc1. The second-order valence-electron chi connectivity index (χ2n) is 5.13. The molecule has 0 bridgehead atoms. The lowest BCUT2D eigenvalue weighted by atomic mass is 9.94. The van der Waals surface area contributed by atoms with Gasteiger partial charge in [-0.2, -0.15) is 0 Å². The van der Waals surface area contributed by atoms with Crippen molar-refractivity contribution >= 4 is 10.0 Å². The van der Waals surface area contributed by atoms with Gasteiger partial charge in [0.15, 0.2) is 0 Å². The molecule has 0 saturated carbocycles. The number of hydrogen-bond donors (Lipinski definition) is 2. The van der Waals surface area contributed by atoms with Crippen LogP contribution in [0, 0.1) is 0 Å². The highest BCUT2D eigenvalue weighted by Crippen LogP contribution is 2.35. The molecule has 0 unspecified atom stereocenters. The molecule has 0 fully saturated rings. The van der Waals surface area contributed by atoms with Crippen molar-refractivity contribution in [2.75, 3.05) is 0 Å². The number of aromatic hydroxyl groups is 1. The molecular formula is C18H15NO3S. The summed E-state index contributed by atoms with van der Waals surface area (Å²) in [6.45, 7) is 0. The highest BCUT2D eigenvalue weighted by Gasteiger charge is 2.17. The summed E-state index contributed by atoms with van der Waals surface area (Å²) in [7, 11) is -3.83. The molecule has 0 aliphatic heterocycles. The fourth-order valence-electron chi connectivity index (χ4n) is 2.55. The maximum absolute atomic E-state index is 11.9. The van der Waals surface area contributed by atoms with E-state index in [-0.39, 0.29) is 10.6 Å². The first kappa shape index (κ1) is 15.3. The third-order valence-electron chi connectivity index (χ3n) is 3.59. The number of phenolic OH excluding ortho intramolecular Hbond substituents is 1. The van der Waals surface area contributed by atoms with Crippen LogP contribution in [0.5, 0.6) is 5.75 Å². The van der Waals surface area contributed by atoms with Crippen LogP contribution in [0.4, 0.5) is 0 Å². The van der Waals surface area contributed by atoms with Crippen LogP contribution < -0.4 is 5.14 Å². The smallest absolute Gasteiger partial charge is 0.238 e. The fourth-order valence-corrected chi connectivity index (χ4v) is 3.30. The second kappa shape index (κ2) is 5.87. The lowest BCUT2D eigenvalue weighted by Gasteiger charge is -2.13. The van der Waals surface area contributed by atoms with E-state index in [0.717, 1.165) is 16.7 Å². The normalized spacial score (nSPS) is 11.3. The van der Waals surface area contributed by atoms with Gasteiger partial charge >= 0.3 is 0 Å². The number of hydrogen-bond acceptors (Lipinski definition) is 3. The van der Waals surface area contributed by atoms with Gasteiger partial charge in [-0.3, -0.25) is 0 Å². The Balaban J connectivity index is 2.26. The van der Waals surface area contributed by atoms with Crippen molar-refractivity contribution in [2.45, 2.75) is 4.90 Å². The average Bonchev–Trinajstić information content (AvgIpc) is 2.55. The van der Waals surface area contributed by atoms with Crippen LogP contribution in [-0.4, -0.2) is 13.5 Å². The van der Waals surface area contributed by atoms with Gasteiger partial charge < -0.3 is 5.11 Å². The van der Waals surface area contributed by atoms with Crippen LogP contribution in [0.25, 0.3) is 22.3 Å². The largest absolute Gasteiger partial charge is 0.508 e. The van der Waals surface area contributed by atoms with Crippen molar-refractivity contribution in [3.05, 3.63) is 72.8 Å². The summed E-state index contributed by atoms with van der Waals surface area (Å²) < 4.78 is 23.7. The van der Waals surface area contributed by atoms with Crippen molar-refractivity contribution in [3.8, 4) is 28.0 Å². The van der Waals surface area contributed by atoms with Crippen molar-refractivity contribution in [1.29, 1.82) is 0 Å². The summed E-state index contributed by atoms with van der Waals surface area (Å²) >= 11 is 0. The molecule has 3 aromatic carbocycles. The summed E-state index contributed by atoms with van der Waals surface area (Å²) in [4.78, 5) is 0.0891. The predicted octanol–water partition coefficient (Wildman–Crippen LogP) is 3.37. The van der Waals surface area contributed by atoms with E-state index < -0.39 is 10.0 Å². The Morgan fingerprint density at radius 2 is 1.22 bits per heavy atom. The summed E-state index contributed by atoms with van der Waals surface area (Å²) in [5, 5.41) is 14.8. The molecule has 116 valence electrons. The first-order valence-corrected chi connectivity index (χ1v) is 8.52. The Morgan fingerprint density at radius 1 is 0.696 bits per heavy atom. The van der Waals surface area contributed by atoms with Crippen molar-refractivity contribution in [2.24, 2.45) is 5.14 Å². The van der Waals surface area contributed by atoms with Crippen LogP contribution in [0.15, 0.2) is 77.7 Å². The highest BCUT2D eigenvalue weighted by atomic mass is 32.2. The van der Waals surface area contributed by atoms with Gasteiger partial charge in [0.1, 0.15) is 5.75 Å². The quantitative estimate of drug-likeness (QED) is 0.774. The minimum atomic E-state index is -3.83. The molecule has 0 spiro atoms. The molecule has 5 heteroatoms. The summed E-state index contributed by atoms with van der Waals surface area (Å²) in [6, 6.07) is 20.9. The zero-order chi connectivity index (χ0) is 16.4. The highest BCUT2D eigenvalue weighted by molar-refractivity contribution is 7.89. The third-order valence-corrected chi connectivity index (χ3v) is 4.56. The van der Waals surface area contributed by atoms with E-state index in [4.69, 9.17) is 5.14 Å². The van der Waals surface area contributed by atoms with Gasteiger partial charge in [-0.1, -0.05) is 54.6 Å². The van der Waals surface area contributed by atoms with Crippen molar-refractivity contribution in [3.63, 3.8) is 0 Å². The Bertz CT molecular complexity index is 948. The molecule has 0 radical (unpaired) electrons. The van der Waals surface area contributed by atoms with Crippen LogP contribution in [0.2, 0.25) is 0 Å². The molecule has 0 aliphatic rings. The topological polar surface area (TPSA) is 80.4 Å². The van der Waals surface area contributed by atoms with Gasteiger partial charge in [0.05, 0.1) is 4.90 Å². The lowest BCUT2D eigenvalue weighted by molar-refractivity contribution is 0.475. The van der Waals surface area contributed by atoms with Gasteiger partial charge in [-0.15, -0.1) is 0 Å². The molecule has 0 saturated heterocycles. The van der Waals surface area contributed by atoms with E-state index in [1.807, 2.05) is 24.3 Å². The molecule has 3 N–H and O–H groups in total. The number of sulfonamides is 1. The van der Waals surface area contributed by atoms with Crippen molar-refractivity contribution in [1.82, 2.24) is 0 Å². The number of nitrogens with two attached hydrogens (primary N) is 1. The second-order valence-corrected chi connectivity index (χ2v) is 6.66. The minimum absolute atomic E-state index is 0.0891. The molecule has 4 nitrogen and oxygen atoms in total. The zero-order valence-corrected chi connectivity index (χ0v) is 13.0. The Hall–Kier alpha value is -2.63. The van der Waals surface area contributed by atoms with E-state index in [1.54, 1.807) is 42.5 Å². The van der Waals surface area contributed by atoms with Gasteiger partial charge in [0, 0.05) is 5.56 Å². The molecule has 0 aromatic heterocycles. The number of phenols is 1. The Kier molecular flexibility index (Phi) is 3.90.